The molecule has 164 valence electrons. The first-order valence-corrected chi connectivity index (χ1v) is 10.8. The van der Waals surface area contributed by atoms with E-state index < -0.39 is 0 Å². The van der Waals surface area contributed by atoms with E-state index in [-0.39, 0.29) is 36.4 Å². The number of hydrogen-bond acceptors (Lipinski definition) is 5. The summed E-state index contributed by atoms with van der Waals surface area (Å²) in [4.78, 5) is 26.6. The minimum Gasteiger partial charge on any atom is -0.368 e. The Kier molecular flexibility index (Phi) is 9.63. The van der Waals surface area contributed by atoms with E-state index in [9.17, 15) is 4.79 Å². The molecule has 1 saturated heterocycles. The maximum atomic E-state index is 12.6. The topological polar surface area (TPSA) is 72.9 Å². The van der Waals surface area contributed by atoms with Gasteiger partial charge in [-0.15, -0.1) is 35.3 Å². The highest BCUT2D eigenvalue weighted by atomic mass is 127. The summed E-state index contributed by atoms with van der Waals surface area (Å²) in [6, 6.07) is 7.82. The fraction of sp³-hybridized carbons (Fsp3) is 0.450. The van der Waals surface area contributed by atoms with Crippen molar-refractivity contribution in [2.75, 3.05) is 44.7 Å². The Morgan fingerprint density at radius 1 is 1.17 bits per heavy atom. The number of nitrogens with one attached hydrogen (secondary N) is 2. The first-order valence-electron chi connectivity index (χ1n) is 9.62. The summed E-state index contributed by atoms with van der Waals surface area (Å²) in [7, 11) is 1.70. The second kappa shape index (κ2) is 11.7. The van der Waals surface area contributed by atoms with Crippen LogP contribution in [0.4, 0.5) is 5.69 Å². The van der Waals surface area contributed by atoms with E-state index in [1.54, 1.807) is 18.4 Å². The number of aromatic nitrogens is 1. The van der Waals surface area contributed by atoms with Crippen LogP contribution in [0.1, 0.15) is 15.6 Å². The highest BCUT2D eigenvalue weighted by Gasteiger charge is 2.21. The van der Waals surface area contributed by atoms with Crippen molar-refractivity contribution in [2.24, 2.45) is 4.99 Å². The number of nitrogens with zero attached hydrogens (tertiary/aromatic N) is 4. The first kappa shape index (κ1) is 24.7. The molecule has 1 fully saturated rings. The summed E-state index contributed by atoms with van der Waals surface area (Å²) in [6.07, 6.45) is 0. The number of carbonyl (C=O) groups excluding carboxylic acids is 1. The lowest BCUT2D eigenvalue weighted by Gasteiger charge is -2.36. The minimum atomic E-state index is 0. The van der Waals surface area contributed by atoms with Crippen molar-refractivity contribution in [1.29, 1.82) is 0 Å². The molecule has 1 amide bonds. The summed E-state index contributed by atoms with van der Waals surface area (Å²) in [5.74, 6) is 0.674. The molecule has 10 heteroatoms. The number of carbonyl (C=O) groups is 1. The largest absolute Gasteiger partial charge is 0.368 e. The molecule has 1 aromatic carbocycles. The third kappa shape index (κ3) is 6.71. The zero-order chi connectivity index (χ0) is 20.8. The molecule has 30 heavy (non-hydrogen) atoms. The number of rotatable bonds is 5. The number of guanidine groups is 1. The van der Waals surface area contributed by atoms with E-state index in [2.05, 4.69) is 32.4 Å². The van der Waals surface area contributed by atoms with Gasteiger partial charge >= 0.3 is 0 Å². The summed E-state index contributed by atoms with van der Waals surface area (Å²) >= 11 is 7.63. The van der Waals surface area contributed by atoms with Gasteiger partial charge in [-0.05, 0) is 38.1 Å². The third-order valence-corrected chi connectivity index (χ3v) is 6.26. The smallest absolute Gasteiger partial charge is 0.242 e. The maximum absolute atomic E-state index is 12.6. The van der Waals surface area contributed by atoms with Crippen LogP contribution in [-0.4, -0.2) is 61.5 Å². The van der Waals surface area contributed by atoms with E-state index in [0.717, 1.165) is 34.5 Å². The van der Waals surface area contributed by atoms with Crippen molar-refractivity contribution in [3.63, 3.8) is 0 Å². The summed E-state index contributed by atoms with van der Waals surface area (Å²) in [5.41, 5.74) is 2.19. The predicted molar refractivity (Wildman–Crippen MR) is 135 cm³/mol. The number of amides is 1. The molecule has 2 heterocycles. The Hall–Kier alpha value is -1.59. The monoisotopic (exact) mass is 562 g/mol. The molecule has 0 spiro atoms. The lowest BCUT2D eigenvalue weighted by molar-refractivity contribution is -0.130. The fourth-order valence-electron chi connectivity index (χ4n) is 3.13. The Bertz CT molecular complexity index is 845. The molecule has 3 rings (SSSR count). The SMILES string of the molecule is CN=C(NCC(=O)N1CCN(c2ccc(Cl)cc2)CC1)NCc1nc(C)c(C)s1.I. The standard InChI is InChI=1S/C20H27ClN6OS.HI/c1-14-15(2)29-18(25-14)12-23-20(22-3)24-13-19(28)27-10-8-26(9-11-27)17-6-4-16(21)5-7-17;/h4-7H,8-13H2,1-3H3,(H2,22,23,24);1H. The van der Waals surface area contributed by atoms with Crippen molar-refractivity contribution in [1.82, 2.24) is 20.5 Å². The van der Waals surface area contributed by atoms with Crippen LogP contribution in [0.2, 0.25) is 5.02 Å². The lowest BCUT2D eigenvalue weighted by Crippen LogP contribution is -2.52. The fourth-order valence-corrected chi connectivity index (χ4v) is 4.13. The quantitative estimate of drug-likeness (QED) is 0.333. The molecule has 0 saturated carbocycles. The number of benzene rings is 1. The van der Waals surface area contributed by atoms with Crippen LogP contribution in [0, 0.1) is 13.8 Å². The number of aryl methyl sites for hydroxylation is 2. The average molecular weight is 563 g/mol. The van der Waals surface area contributed by atoms with Gasteiger partial charge in [0.15, 0.2) is 5.96 Å². The normalized spacial score (nSPS) is 14.3. The summed E-state index contributed by atoms with van der Waals surface area (Å²) in [5, 5.41) is 8.06. The van der Waals surface area contributed by atoms with E-state index in [0.29, 0.717) is 25.6 Å². The molecule has 0 unspecified atom stereocenters. The average Bonchev–Trinajstić information content (AvgIpc) is 3.06. The molecule has 2 N–H and O–H groups in total. The molecule has 2 aromatic rings. The van der Waals surface area contributed by atoms with Gasteiger partial charge in [-0.25, -0.2) is 4.98 Å². The van der Waals surface area contributed by atoms with Gasteiger partial charge in [0.2, 0.25) is 5.91 Å². The summed E-state index contributed by atoms with van der Waals surface area (Å²) < 4.78 is 0. The summed E-state index contributed by atoms with van der Waals surface area (Å²) in [6.45, 7) is 7.90. The lowest BCUT2D eigenvalue weighted by atomic mass is 10.2. The van der Waals surface area contributed by atoms with Gasteiger partial charge in [0.1, 0.15) is 5.01 Å². The molecule has 7 nitrogen and oxygen atoms in total. The van der Waals surface area contributed by atoms with Gasteiger partial charge in [-0.3, -0.25) is 9.79 Å². The molecule has 0 atom stereocenters. The van der Waals surface area contributed by atoms with Crippen molar-refractivity contribution in [3.05, 3.63) is 44.9 Å². The molecular formula is C20H28ClIN6OS. The second-order valence-electron chi connectivity index (χ2n) is 6.87. The zero-order valence-corrected chi connectivity index (χ0v) is 21.3. The van der Waals surface area contributed by atoms with Crippen LogP contribution in [0.15, 0.2) is 29.3 Å². The van der Waals surface area contributed by atoms with E-state index in [1.165, 1.54) is 4.88 Å². The van der Waals surface area contributed by atoms with Gasteiger partial charge in [0.05, 0.1) is 18.8 Å². The number of piperazine rings is 1. The van der Waals surface area contributed by atoms with Crippen LogP contribution in [0.5, 0.6) is 0 Å². The number of aliphatic imine (C=N–C) groups is 1. The van der Waals surface area contributed by atoms with E-state index in [4.69, 9.17) is 11.6 Å². The molecule has 1 aliphatic rings. The van der Waals surface area contributed by atoms with Crippen molar-refractivity contribution < 1.29 is 4.79 Å². The molecule has 0 bridgehead atoms. The highest BCUT2D eigenvalue weighted by molar-refractivity contribution is 14.0. The number of halogens is 2. The van der Waals surface area contributed by atoms with Gasteiger partial charge in [0, 0.05) is 48.8 Å². The van der Waals surface area contributed by atoms with Gasteiger partial charge in [0.25, 0.3) is 0 Å². The Morgan fingerprint density at radius 3 is 2.40 bits per heavy atom. The molecule has 1 aliphatic heterocycles. The molecule has 0 aliphatic carbocycles. The van der Waals surface area contributed by atoms with Crippen LogP contribution in [-0.2, 0) is 11.3 Å². The molecule has 1 aromatic heterocycles. The van der Waals surface area contributed by atoms with Gasteiger partial charge in [-0.2, -0.15) is 0 Å². The van der Waals surface area contributed by atoms with Crippen molar-refractivity contribution in [3.8, 4) is 0 Å². The van der Waals surface area contributed by atoms with Crippen LogP contribution < -0.4 is 15.5 Å². The molecular weight excluding hydrogens is 535 g/mol. The first-order chi connectivity index (χ1) is 14.0. The Labute approximate surface area is 203 Å². The van der Waals surface area contributed by atoms with Crippen LogP contribution >= 0.6 is 46.9 Å². The Morgan fingerprint density at radius 2 is 1.83 bits per heavy atom. The molecule has 0 radical (unpaired) electrons. The predicted octanol–water partition coefficient (Wildman–Crippen LogP) is 3.05. The van der Waals surface area contributed by atoms with Crippen LogP contribution in [0.3, 0.4) is 0 Å². The maximum Gasteiger partial charge on any atom is 0.242 e. The van der Waals surface area contributed by atoms with Gasteiger partial charge < -0.3 is 20.4 Å². The highest BCUT2D eigenvalue weighted by Crippen LogP contribution is 2.19. The number of anilines is 1. The van der Waals surface area contributed by atoms with E-state index in [1.807, 2.05) is 36.1 Å². The van der Waals surface area contributed by atoms with Crippen molar-refractivity contribution in [2.45, 2.75) is 20.4 Å². The van der Waals surface area contributed by atoms with Crippen molar-refractivity contribution >= 4 is 64.5 Å². The number of hydrogen-bond donors (Lipinski definition) is 2. The second-order valence-corrected chi connectivity index (χ2v) is 8.60. The third-order valence-electron chi connectivity index (χ3n) is 4.93. The van der Waals surface area contributed by atoms with Gasteiger partial charge in [-0.1, -0.05) is 11.6 Å². The minimum absolute atomic E-state index is 0. The van der Waals surface area contributed by atoms with Crippen LogP contribution in [0.25, 0.3) is 0 Å². The Balaban J connectivity index is 0.00000320. The zero-order valence-electron chi connectivity index (χ0n) is 17.4. The number of thiazole rings is 1. The van der Waals surface area contributed by atoms with E-state index >= 15 is 0 Å².